The van der Waals surface area contributed by atoms with E-state index in [4.69, 9.17) is 23.3 Å². The number of quaternary nitrogens is 4. The molecule has 0 aromatic heterocycles. The van der Waals surface area contributed by atoms with Crippen molar-refractivity contribution in [3.63, 3.8) is 0 Å². The molecule has 0 fully saturated rings. The van der Waals surface area contributed by atoms with Crippen LogP contribution in [0.1, 0.15) is 15.9 Å². The van der Waals surface area contributed by atoms with Crippen molar-refractivity contribution in [3.05, 3.63) is 107 Å². The van der Waals surface area contributed by atoms with Gasteiger partial charge in [-0.15, -0.1) is 15.3 Å². The van der Waals surface area contributed by atoms with Gasteiger partial charge in [-0.3, -0.25) is 18.6 Å². The fourth-order valence-electron chi connectivity index (χ4n) is 5.20. The molecule has 0 amide bonds. The van der Waals surface area contributed by atoms with Crippen LogP contribution >= 0.6 is 0 Å². The van der Waals surface area contributed by atoms with Crippen molar-refractivity contribution >= 4 is 116 Å². The number of nitrogens with one attached hydrogen (secondary N) is 1. The quantitative estimate of drug-likeness (QED) is 0.0385. The van der Waals surface area contributed by atoms with Crippen LogP contribution in [-0.2, 0) is 30.6 Å². The Morgan fingerprint density at radius 2 is 1.02 bits per heavy atom. The Morgan fingerprint density at radius 3 is 1.44 bits per heavy atom. The lowest BCUT2D eigenvalue weighted by Crippen LogP contribution is -2.44. The second-order valence-electron chi connectivity index (χ2n) is 12.4. The molecule has 15 N–H and O–H groups in total. The zero-order valence-electron chi connectivity index (χ0n) is 31.0. The van der Waals surface area contributed by atoms with E-state index in [1.165, 1.54) is 36.4 Å². The van der Waals surface area contributed by atoms with Crippen LogP contribution in [0.5, 0.6) is 0 Å². The zero-order valence-corrected chi connectivity index (χ0v) is 33.4. The number of fused-ring (bicyclic) bond motifs is 1. The predicted molar refractivity (Wildman–Crippen MR) is 211 cm³/mol. The number of nitrogens with zero attached hydrogens (tertiary/aromatic N) is 7. The summed E-state index contributed by atoms with van der Waals surface area (Å²) < 4.78 is 108. The number of nitrogen functional groups attached to an aromatic ring is 1. The maximum absolute atomic E-state index is 13.8. The molecule has 1 aliphatic carbocycles. The zero-order chi connectivity index (χ0) is 44.9. The summed E-state index contributed by atoms with van der Waals surface area (Å²) in [7, 11) is -15.9. The number of nitrogens with two attached hydrogens (primary N) is 1. The lowest BCUT2D eigenvalue weighted by Gasteiger charge is -2.23. The van der Waals surface area contributed by atoms with Gasteiger partial charge in [-0.2, -0.15) is 20.4 Å². The predicted octanol–water partition coefficient (Wildman–Crippen LogP) is 2.13. The molecule has 5 aromatic carbocycles. The van der Waals surface area contributed by atoms with Crippen LogP contribution in [0.15, 0.2) is 137 Å². The van der Waals surface area contributed by atoms with Crippen molar-refractivity contribution < 1.29 is 71.2 Å². The van der Waals surface area contributed by atoms with Gasteiger partial charge in [0.1, 0.15) is 54.4 Å². The molecular formula is C34H31N13O11S3. The van der Waals surface area contributed by atoms with Crippen LogP contribution in [0.4, 0.5) is 68.2 Å². The van der Waals surface area contributed by atoms with Crippen molar-refractivity contribution in [2.75, 3.05) is 11.2 Å². The standard InChI is InChI=1S/C34H29N13O7S2.H2O4S/c35-18-1-11-26(24(37)15-18)44-40-20-3-7-22(8-4-20)42-46-32-28(55(49,50)51)13-17-14-29(56(52,53)54)33(34(48)30(17)31(32)39)47-43-23-9-5-21(6-10-23)41-45-27-12-2-19(36)16-25(27)38;1-5(2,3)4/h1-16,43H,35-39H2,(H,49,50,51)(H,52,53,54);(H2,1,2,3,4)/b44-40?,45-41?,46-42?,47-33-;. The normalized spacial score (nSPS) is 14.0. The highest BCUT2D eigenvalue weighted by Crippen LogP contribution is 2.41. The van der Waals surface area contributed by atoms with Gasteiger partial charge in [-0.25, -0.2) is 16.8 Å². The number of benzene rings is 5. The first-order chi connectivity index (χ1) is 28.5. The van der Waals surface area contributed by atoms with Gasteiger partial charge in [0.05, 0.1) is 55.9 Å². The molecule has 61 heavy (non-hydrogen) atoms. The molecule has 24 nitrogen and oxygen atoms in total. The topological polar surface area (TPSA) is 447 Å². The van der Waals surface area contributed by atoms with E-state index in [1.54, 1.807) is 48.5 Å². The van der Waals surface area contributed by atoms with Crippen LogP contribution < -0.4 is 34.1 Å². The van der Waals surface area contributed by atoms with Gasteiger partial charge in [0.15, 0.2) is 11.4 Å². The van der Waals surface area contributed by atoms with Gasteiger partial charge < -0.3 is 46.9 Å². The van der Waals surface area contributed by atoms with Crippen molar-refractivity contribution in [3.8, 4) is 0 Å². The molecule has 6 rings (SSSR count). The van der Waals surface area contributed by atoms with E-state index in [2.05, 4.69) is 64.1 Å². The average Bonchev–Trinajstić information content (AvgIpc) is 3.15. The SMILES string of the molecule is Nc1c(N=Nc2ccc(N=Nc3ccc([NH3+])cc3[NH3+])cc2)c(S(=O)(=O)[O-])cc2c1C(=O)/C(=N\Nc1ccc(N=Nc3ccc([NH3+])cc3[NH3+])cc1)C(S(=O)(=O)[O-])=C2.O=S(=O)([O-])[O-]. The third-order valence-electron chi connectivity index (χ3n) is 7.95. The molecule has 0 atom stereocenters. The van der Waals surface area contributed by atoms with Gasteiger partial charge in [-0.1, -0.05) is 0 Å². The van der Waals surface area contributed by atoms with Gasteiger partial charge in [0, 0.05) is 22.5 Å². The first kappa shape index (κ1) is 45.2. The van der Waals surface area contributed by atoms with Crippen molar-refractivity contribution in [2.45, 2.75) is 4.90 Å². The smallest absolute Gasteiger partial charge is 0.217 e. The minimum Gasteiger partial charge on any atom is -0.759 e. The van der Waals surface area contributed by atoms with Crippen molar-refractivity contribution in [1.29, 1.82) is 0 Å². The van der Waals surface area contributed by atoms with E-state index in [-0.39, 0.29) is 11.4 Å². The summed E-state index contributed by atoms with van der Waals surface area (Å²) in [6, 6.07) is 23.2. The minimum atomic E-state index is -5.39. The van der Waals surface area contributed by atoms with E-state index in [9.17, 15) is 30.7 Å². The highest BCUT2D eigenvalue weighted by molar-refractivity contribution is 7.91. The molecular weight excluding hydrogens is 863 g/mol. The number of allylic oxidation sites excluding steroid dienone is 1. The molecule has 1 aliphatic rings. The van der Waals surface area contributed by atoms with Crippen LogP contribution in [0.25, 0.3) is 6.08 Å². The van der Waals surface area contributed by atoms with Crippen LogP contribution in [0.2, 0.25) is 0 Å². The molecule has 0 saturated carbocycles. The lowest BCUT2D eigenvalue weighted by molar-refractivity contribution is -0.266. The number of ketones is 1. The maximum atomic E-state index is 13.8. The Morgan fingerprint density at radius 1 is 0.574 bits per heavy atom. The molecule has 0 spiro atoms. The van der Waals surface area contributed by atoms with Crippen molar-refractivity contribution in [2.24, 2.45) is 35.8 Å². The Hall–Kier alpha value is -6.89. The van der Waals surface area contributed by atoms with Crippen molar-refractivity contribution in [1.82, 2.24) is 0 Å². The summed E-state index contributed by atoms with van der Waals surface area (Å²) in [4.78, 5) is 11.7. The highest BCUT2D eigenvalue weighted by atomic mass is 32.3. The van der Waals surface area contributed by atoms with E-state index in [1.807, 2.05) is 0 Å². The number of hydrazone groups is 1. The summed E-state index contributed by atoms with van der Waals surface area (Å²) in [6.07, 6.45) is 0.700. The molecule has 0 radical (unpaired) electrons. The summed E-state index contributed by atoms with van der Waals surface area (Å²) in [5.74, 6) is -1.18. The Kier molecular flexibility index (Phi) is 13.5. The van der Waals surface area contributed by atoms with Crippen LogP contribution in [0.3, 0.4) is 0 Å². The van der Waals surface area contributed by atoms with Crippen LogP contribution in [-0.4, -0.2) is 55.0 Å². The number of rotatable bonds is 10. The Bertz CT molecular complexity index is 3040. The summed E-state index contributed by atoms with van der Waals surface area (Å²) >= 11 is 0. The molecule has 0 heterocycles. The highest BCUT2D eigenvalue weighted by Gasteiger charge is 2.34. The summed E-state index contributed by atoms with van der Waals surface area (Å²) in [5.41, 5.74) is 26.3. The Balaban J connectivity index is 0.00000133. The van der Waals surface area contributed by atoms with E-state index in [0.717, 1.165) is 11.4 Å². The monoisotopic (exact) mass is 893 g/mol. The number of azo groups is 3. The fourth-order valence-corrected chi connectivity index (χ4v) is 6.50. The molecule has 0 saturated heterocycles. The van der Waals surface area contributed by atoms with Gasteiger partial charge in [0.25, 0.3) is 0 Å². The molecule has 27 heteroatoms. The maximum Gasteiger partial charge on any atom is 0.217 e. The first-order valence-corrected chi connectivity index (χ1v) is 20.8. The number of carbonyl (C=O) groups is 1. The van der Waals surface area contributed by atoms with E-state index in [0.29, 0.717) is 46.3 Å². The third kappa shape index (κ3) is 12.1. The van der Waals surface area contributed by atoms with Gasteiger partial charge in [-0.05, 0) is 78.4 Å². The molecule has 316 valence electrons. The summed E-state index contributed by atoms with van der Waals surface area (Å²) in [5, 5.41) is 28.4. The van der Waals surface area contributed by atoms with E-state index < -0.39 is 74.4 Å². The number of Topliss-reactive ketones (excluding diaryl/α,β-unsaturated/α-hetero) is 1. The molecule has 5 aromatic rings. The second kappa shape index (κ2) is 18.2. The number of anilines is 2. The molecule has 0 aliphatic heterocycles. The number of hydrogen-bond donors (Lipinski definition) is 6. The van der Waals surface area contributed by atoms with Gasteiger partial charge in [0.2, 0.25) is 5.78 Å². The van der Waals surface area contributed by atoms with E-state index >= 15 is 0 Å². The molecule has 0 bridgehead atoms. The van der Waals surface area contributed by atoms with Gasteiger partial charge >= 0.3 is 0 Å². The number of carbonyl (C=O) groups excluding carboxylic acids is 1. The first-order valence-electron chi connectivity index (χ1n) is 16.6. The largest absolute Gasteiger partial charge is 0.759 e. The lowest BCUT2D eigenvalue weighted by atomic mass is 9.92. The summed E-state index contributed by atoms with van der Waals surface area (Å²) in [6.45, 7) is 0. The Labute approximate surface area is 345 Å². The second-order valence-corrected chi connectivity index (χ2v) is 15.9. The third-order valence-corrected chi connectivity index (χ3v) is 9.65. The molecule has 0 unspecified atom stereocenters. The minimum absolute atomic E-state index is 0.166. The fraction of sp³-hybridized carbons (Fsp3) is 0. The van der Waals surface area contributed by atoms with Crippen LogP contribution in [0, 0.1) is 0 Å². The number of hydrogen-bond acceptors (Lipinski definition) is 20. The average molecular weight is 894 g/mol.